The summed E-state index contributed by atoms with van der Waals surface area (Å²) in [5.41, 5.74) is 3.45. The van der Waals surface area contributed by atoms with E-state index in [0.717, 1.165) is 16.8 Å². The van der Waals surface area contributed by atoms with Crippen molar-refractivity contribution in [2.75, 3.05) is 11.9 Å². The van der Waals surface area contributed by atoms with Crippen LogP contribution in [0.25, 0.3) is 22.3 Å². The highest BCUT2D eigenvalue weighted by atomic mass is 35.5. The van der Waals surface area contributed by atoms with Gasteiger partial charge in [0.25, 0.3) is 0 Å². The molecule has 0 unspecified atom stereocenters. The molecule has 3 rings (SSSR count). The van der Waals surface area contributed by atoms with Crippen LogP contribution in [0.15, 0.2) is 55.0 Å². The minimum atomic E-state index is -1.18. The van der Waals surface area contributed by atoms with Crippen molar-refractivity contribution in [2.45, 2.75) is 19.3 Å². The molecule has 0 spiro atoms. The molecule has 3 N–H and O–H groups in total. The number of amides is 1. The van der Waals surface area contributed by atoms with Gasteiger partial charge in [0.2, 0.25) is 0 Å². The van der Waals surface area contributed by atoms with E-state index in [1.54, 1.807) is 36.8 Å². The number of aliphatic hydroxyl groups is 1. The van der Waals surface area contributed by atoms with Crippen LogP contribution in [-0.2, 0) is 5.41 Å². The van der Waals surface area contributed by atoms with E-state index < -0.39 is 11.5 Å². The quantitative estimate of drug-likeness (QED) is 0.573. The molecule has 28 heavy (non-hydrogen) atoms. The van der Waals surface area contributed by atoms with Crippen molar-refractivity contribution in [2.24, 2.45) is 0 Å². The topological polar surface area (TPSA) is 95.3 Å². The van der Waals surface area contributed by atoms with Gasteiger partial charge < -0.3 is 10.2 Å². The van der Waals surface area contributed by atoms with Crippen LogP contribution in [0.5, 0.6) is 0 Å². The van der Waals surface area contributed by atoms with Crippen LogP contribution in [0.2, 0.25) is 5.02 Å². The standard InChI is InChI=1S/C21H20ClN3O3/c1-21(2,12-26)19-15(13-6-8-23-9-7-13)10-14(11-24-19)18-16(22)4-3-5-17(18)25-20(27)28/h3-11,25-26H,12H2,1-2H3,(H,27,28). The fourth-order valence-corrected chi connectivity index (χ4v) is 3.29. The Bertz CT molecular complexity index is 1010. The predicted molar refractivity (Wildman–Crippen MR) is 110 cm³/mol. The van der Waals surface area contributed by atoms with Crippen molar-refractivity contribution in [1.82, 2.24) is 9.97 Å². The maximum absolute atomic E-state index is 11.2. The molecule has 144 valence electrons. The number of pyridine rings is 2. The van der Waals surface area contributed by atoms with Crippen molar-refractivity contribution < 1.29 is 15.0 Å². The van der Waals surface area contributed by atoms with Crippen LogP contribution < -0.4 is 5.32 Å². The summed E-state index contributed by atoms with van der Waals surface area (Å²) in [4.78, 5) is 19.9. The number of hydrogen-bond acceptors (Lipinski definition) is 4. The van der Waals surface area contributed by atoms with E-state index in [-0.39, 0.29) is 6.61 Å². The number of aromatic nitrogens is 2. The third kappa shape index (κ3) is 3.98. The summed E-state index contributed by atoms with van der Waals surface area (Å²) in [6, 6.07) is 10.6. The zero-order chi connectivity index (χ0) is 20.3. The normalized spacial score (nSPS) is 11.3. The van der Waals surface area contributed by atoms with Gasteiger partial charge >= 0.3 is 6.09 Å². The fourth-order valence-electron chi connectivity index (χ4n) is 3.00. The molecule has 0 atom stereocenters. The summed E-state index contributed by atoms with van der Waals surface area (Å²) in [7, 11) is 0. The zero-order valence-electron chi connectivity index (χ0n) is 15.5. The van der Waals surface area contributed by atoms with Crippen LogP contribution in [0, 0.1) is 0 Å². The molecular formula is C21H20ClN3O3. The summed E-state index contributed by atoms with van der Waals surface area (Å²) >= 11 is 6.39. The highest BCUT2D eigenvalue weighted by Gasteiger charge is 2.26. The third-order valence-corrected chi connectivity index (χ3v) is 4.77. The SMILES string of the molecule is CC(C)(CO)c1ncc(-c2c(Cl)cccc2NC(=O)O)cc1-c1ccncc1. The highest BCUT2D eigenvalue weighted by molar-refractivity contribution is 6.34. The first-order chi connectivity index (χ1) is 13.3. The van der Waals surface area contributed by atoms with Gasteiger partial charge in [0, 0.05) is 40.7 Å². The summed E-state index contributed by atoms with van der Waals surface area (Å²) < 4.78 is 0. The van der Waals surface area contributed by atoms with E-state index in [1.165, 1.54) is 0 Å². The highest BCUT2D eigenvalue weighted by Crippen LogP contribution is 2.39. The van der Waals surface area contributed by atoms with E-state index in [0.29, 0.717) is 21.8 Å². The molecular weight excluding hydrogens is 378 g/mol. The second-order valence-electron chi connectivity index (χ2n) is 6.99. The number of rotatable bonds is 5. The summed E-state index contributed by atoms with van der Waals surface area (Å²) in [6.07, 6.45) is 3.84. The molecule has 0 fully saturated rings. The van der Waals surface area contributed by atoms with Gasteiger partial charge in [-0.3, -0.25) is 15.3 Å². The molecule has 2 heterocycles. The molecule has 0 saturated heterocycles. The van der Waals surface area contributed by atoms with Crippen molar-refractivity contribution in [1.29, 1.82) is 0 Å². The van der Waals surface area contributed by atoms with Crippen LogP contribution in [0.1, 0.15) is 19.5 Å². The number of carbonyl (C=O) groups is 1. The van der Waals surface area contributed by atoms with Gasteiger partial charge in [-0.05, 0) is 35.9 Å². The van der Waals surface area contributed by atoms with Crippen LogP contribution in [-0.4, -0.2) is 32.9 Å². The average Bonchev–Trinajstić information content (AvgIpc) is 2.68. The number of benzene rings is 1. The van der Waals surface area contributed by atoms with E-state index >= 15 is 0 Å². The molecule has 7 heteroatoms. The Morgan fingerprint density at radius 2 is 1.89 bits per heavy atom. The number of carboxylic acid groups (broad SMARTS) is 1. The number of nitrogens with one attached hydrogen (secondary N) is 1. The lowest BCUT2D eigenvalue weighted by molar-refractivity contribution is 0.209. The lowest BCUT2D eigenvalue weighted by Crippen LogP contribution is -2.24. The van der Waals surface area contributed by atoms with Gasteiger partial charge in [0.1, 0.15) is 0 Å². The van der Waals surface area contributed by atoms with Crippen molar-refractivity contribution in [3.8, 4) is 22.3 Å². The summed E-state index contributed by atoms with van der Waals surface area (Å²) in [5.74, 6) is 0. The molecule has 0 aliphatic carbocycles. The first-order valence-electron chi connectivity index (χ1n) is 8.64. The lowest BCUT2D eigenvalue weighted by atomic mass is 9.84. The number of halogens is 1. The molecule has 2 aromatic heterocycles. The maximum atomic E-state index is 11.2. The predicted octanol–water partition coefficient (Wildman–Crippen LogP) is 4.82. The number of nitrogens with zero attached hydrogens (tertiary/aromatic N) is 2. The Morgan fingerprint density at radius 1 is 1.18 bits per heavy atom. The first kappa shape index (κ1) is 19.8. The molecule has 3 aromatic rings. The number of anilines is 1. The molecule has 0 saturated carbocycles. The lowest BCUT2D eigenvalue weighted by Gasteiger charge is -2.25. The second kappa shape index (κ2) is 7.96. The van der Waals surface area contributed by atoms with Crippen molar-refractivity contribution in [3.63, 3.8) is 0 Å². The maximum Gasteiger partial charge on any atom is 0.409 e. The summed E-state index contributed by atoms with van der Waals surface area (Å²) in [6.45, 7) is 3.74. The van der Waals surface area contributed by atoms with Gasteiger partial charge in [-0.2, -0.15) is 0 Å². The van der Waals surface area contributed by atoms with Crippen LogP contribution >= 0.6 is 11.6 Å². The Balaban J connectivity index is 2.25. The van der Waals surface area contributed by atoms with E-state index in [1.807, 2.05) is 32.0 Å². The van der Waals surface area contributed by atoms with Crippen LogP contribution in [0.3, 0.4) is 0 Å². The molecule has 0 aliphatic rings. The van der Waals surface area contributed by atoms with Gasteiger partial charge in [0.15, 0.2) is 0 Å². The van der Waals surface area contributed by atoms with E-state index in [9.17, 15) is 9.90 Å². The monoisotopic (exact) mass is 397 g/mol. The molecule has 0 aliphatic heterocycles. The zero-order valence-corrected chi connectivity index (χ0v) is 16.2. The summed E-state index contributed by atoms with van der Waals surface area (Å²) in [5, 5.41) is 21.8. The first-order valence-corrected chi connectivity index (χ1v) is 9.02. The van der Waals surface area contributed by atoms with Gasteiger partial charge in [-0.1, -0.05) is 31.5 Å². The minimum absolute atomic E-state index is 0.0741. The average molecular weight is 398 g/mol. The smallest absolute Gasteiger partial charge is 0.409 e. The Morgan fingerprint density at radius 3 is 2.54 bits per heavy atom. The van der Waals surface area contributed by atoms with E-state index in [4.69, 9.17) is 16.7 Å². The van der Waals surface area contributed by atoms with Crippen molar-refractivity contribution in [3.05, 3.63) is 65.7 Å². The molecule has 1 aromatic carbocycles. The minimum Gasteiger partial charge on any atom is -0.465 e. The van der Waals surface area contributed by atoms with Gasteiger partial charge in [-0.25, -0.2) is 4.79 Å². The largest absolute Gasteiger partial charge is 0.465 e. The van der Waals surface area contributed by atoms with Crippen LogP contribution in [0.4, 0.5) is 10.5 Å². The Kier molecular flexibility index (Phi) is 5.63. The third-order valence-electron chi connectivity index (χ3n) is 4.46. The number of aliphatic hydroxyl groups excluding tert-OH is 1. The molecule has 6 nitrogen and oxygen atoms in total. The molecule has 1 amide bonds. The van der Waals surface area contributed by atoms with Crippen molar-refractivity contribution >= 4 is 23.4 Å². The number of hydrogen-bond donors (Lipinski definition) is 3. The second-order valence-corrected chi connectivity index (χ2v) is 7.40. The molecule has 0 bridgehead atoms. The molecule has 0 radical (unpaired) electrons. The Labute approximate surface area is 167 Å². The Hall–Kier alpha value is -2.96. The van der Waals surface area contributed by atoms with E-state index in [2.05, 4.69) is 15.3 Å². The van der Waals surface area contributed by atoms with Gasteiger partial charge in [-0.15, -0.1) is 0 Å². The fraction of sp³-hybridized carbons (Fsp3) is 0.190. The van der Waals surface area contributed by atoms with Gasteiger partial charge in [0.05, 0.1) is 23.0 Å².